The topological polar surface area (TPSA) is 87.5 Å². The van der Waals surface area contributed by atoms with Crippen LogP contribution in [0.25, 0.3) is 0 Å². The molecular weight excluding hydrogens is 350 g/mol. The van der Waals surface area contributed by atoms with E-state index in [0.717, 1.165) is 17.8 Å². The van der Waals surface area contributed by atoms with Gasteiger partial charge in [-0.15, -0.1) is 10.2 Å². The first kappa shape index (κ1) is 17.1. The molecule has 7 nitrogen and oxygen atoms in total. The minimum atomic E-state index is -1.04. The van der Waals surface area contributed by atoms with E-state index in [9.17, 15) is 9.59 Å². The van der Waals surface area contributed by atoms with Gasteiger partial charge in [-0.2, -0.15) is 4.99 Å². The van der Waals surface area contributed by atoms with Gasteiger partial charge < -0.3 is 4.90 Å². The number of allylic oxidation sites excluding steroid dienone is 2. The number of amidine groups is 1. The van der Waals surface area contributed by atoms with Gasteiger partial charge in [0.05, 0.1) is 6.42 Å². The zero-order valence-electron chi connectivity index (χ0n) is 14.6. The van der Waals surface area contributed by atoms with E-state index >= 15 is 0 Å². The van der Waals surface area contributed by atoms with Crippen molar-refractivity contribution in [2.24, 2.45) is 4.99 Å². The number of carbonyl (C=O) groups excluding carboxylic acids is 2. The van der Waals surface area contributed by atoms with Crippen molar-refractivity contribution in [1.29, 1.82) is 0 Å². The first-order valence-corrected chi connectivity index (χ1v) is 9.78. The number of nitrogens with one attached hydrogen (secondary N) is 1. The lowest BCUT2D eigenvalue weighted by atomic mass is 9.90. The number of nitrogens with zero attached hydrogens (tertiary/aromatic N) is 4. The Morgan fingerprint density at radius 1 is 1.27 bits per heavy atom. The van der Waals surface area contributed by atoms with Crippen molar-refractivity contribution < 1.29 is 9.59 Å². The molecule has 136 valence electrons. The molecule has 1 atom stereocenters. The normalized spacial score (nSPS) is 25.8. The molecular formula is C18H21N5O2S. The fourth-order valence-corrected chi connectivity index (χ4v) is 4.62. The molecule has 0 radical (unpaired) electrons. The summed E-state index contributed by atoms with van der Waals surface area (Å²) in [5, 5.41) is 12.8. The van der Waals surface area contributed by atoms with E-state index in [-0.39, 0.29) is 18.2 Å². The largest absolute Gasteiger partial charge is 0.317 e. The average molecular weight is 371 g/mol. The first-order valence-electron chi connectivity index (χ1n) is 8.97. The second kappa shape index (κ2) is 6.75. The zero-order chi connectivity index (χ0) is 18.1. The number of carbonyl (C=O) groups is 2. The van der Waals surface area contributed by atoms with Crippen molar-refractivity contribution in [2.45, 2.75) is 56.9 Å². The molecule has 1 N–H and O–H groups in total. The molecule has 0 bridgehead atoms. The maximum atomic E-state index is 13.0. The fourth-order valence-electron chi connectivity index (χ4n) is 3.71. The van der Waals surface area contributed by atoms with E-state index in [4.69, 9.17) is 0 Å². The number of amides is 2. The summed E-state index contributed by atoms with van der Waals surface area (Å²) >= 11 is 1.44. The zero-order valence-corrected chi connectivity index (χ0v) is 15.5. The quantitative estimate of drug-likeness (QED) is 0.882. The van der Waals surface area contributed by atoms with Gasteiger partial charge >= 0.3 is 0 Å². The molecule has 1 aromatic heterocycles. The van der Waals surface area contributed by atoms with Gasteiger partial charge in [0.1, 0.15) is 16.4 Å². The van der Waals surface area contributed by atoms with Crippen molar-refractivity contribution in [3.05, 3.63) is 29.4 Å². The number of rotatable bonds is 3. The lowest BCUT2D eigenvalue weighted by Gasteiger charge is -2.41. The van der Waals surface area contributed by atoms with Gasteiger partial charge in [0.25, 0.3) is 11.8 Å². The monoisotopic (exact) mass is 371 g/mol. The minimum absolute atomic E-state index is 0.0226. The summed E-state index contributed by atoms with van der Waals surface area (Å²) in [5.41, 5.74) is -1.04. The van der Waals surface area contributed by atoms with Crippen LogP contribution in [0.2, 0.25) is 0 Å². The third-order valence-corrected chi connectivity index (χ3v) is 6.21. The van der Waals surface area contributed by atoms with Crippen LogP contribution in [0.4, 0.5) is 5.13 Å². The number of anilines is 1. The Morgan fingerprint density at radius 2 is 2.08 bits per heavy atom. The van der Waals surface area contributed by atoms with Gasteiger partial charge in [0.2, 0.25) is 5.13 Å². The second-order valence-corrected chi connectivity index (χ2v) is 8.13. The Morgan fingerprint density at radius 3 is 2.88 bits per heavy atom. The van der Waals surface area contributed by atoms with Crippen molar-refractivity contribution in [1.82, 2.24) is 15.1 Å². The molecule has 3 heterocycles. The number of hydrogen-bond acceptors (Lipinski definition) is 6. The summed E-state index contributed by atoms with van der Waals surface area (Å²) in [4.78, 5) is 30.8. The van der Waals surface area contributed by atoms with Crippen molar-refractivity contribution in [3.63, 3.8) is 0 Å². The highest BCUT2D eigenvalue weighted by molar-refractivity contribution is 7.15. The fraction of sp³-hybridized carbons (Fsp3) is 0.500. The maximum Gasteiger partial charge on any atom is 0.252 e. The Balaban J connectivity index is 1.51. The average Bonchev–Trinajstić information content (AvgIpc) is 3.11. The summed E-state index contributed by atoms with van der Waals surface area (Å²) in [6.45, 7) is 1.75. The van der Waals surface area contributed by atoms with Crippen LogP contribution in [-0.2, 0) is 9.59 Å². The van der Waals surface area contributed by atoms with Gasteiger partial charge in [-0.05, 0) is 31.9 Å². The Bertz CT molecular complexity index is 821. The SMILES string of the molecule is CC1(C(=O)Nc2nnc(C3CCCCC3)s2)CC(=O)N=C2C=CC=CN21. The lowest BCUT2D eigenvalue weighted by Crippen LogP contribution is -2.58. The number of aromatic nitrogens is 2. The highest BCUT2D eigenvalue weighted by atomic mass is 32.1. The minimum Gasteiger partial charge on any atom is -0.317 e. The number of aliphatic imine (C=N–C) groups is 1. The molecule has 1 unspecified atom stereocenters. The molecule has 1 saturated carbocycles. The van der Waals surface area contributed by atoms with E-state index in [0.29, 0.717) is 16.9 Å². The molecule has 4 rings (SSSR count). The molecule has 0 aromatic carbocycles. The smallest absolute Gasteiger partial charge is 0.252 e. The number of hydrogen-bond donors (Lipinski definition) is 1. The Labute approximate surface area is 155 Å². The van der Waals surface area contributed by atoms with Crippen LogP contribution < -0.4 is 5.32 Å². The van der Waals surface area contributed by atoms with E-state index < -0.39 is 5.54 Å². The van der Waals surface area contributed by atoms with Crippen LogP contribution >= 0.6 is 11.3 Å². The predicted octanol–water partition coefficient (Wildman–Crippen LogP) is 3.00. The van der Waals surface area contributed by atoms with Gasteiger partial charge in [0, 0.05) is 12.1 Å². The van der Waals surface area contributed by atoms with Crippen LogP contribution in [0.15, 0.2) is 29.4 Å². The highest BCUT2D eigenvalue weighted by Gasteiger charge is 2.45. The van der Waals surface area contributed by atoms with E-state index in [1.165, 1.54) is 30.6 Å². The molecule has 2 amide bonds. The summed E-state index contributed by atoms with van der Waals surface area (Å²) in [7, 11) is 0. The van der Waals surface area contributed by atoms with Crippen molar-refractivity contribution in [2.75, 3.05) is 5.32 Å². The van der Waals surface area contributed by atoms with Crippen molar-refractivity contribution in [3.8, 4) is 0 Å². The van der Waals surface area contributed by atoms with Gasteiger partial charge in [-0.25, -0.2) is 0 Å². The molecule has 8 heteroatoms. The molecule has 2 aliphatic heterocycles. The third kappa shape index (κ3) is 3.09. The van der Waals surface area contributed by atoms with Crippen LogP contribution in [-0.4, -0.2) is 38.3 Å². The maximum absolute atomic E-state index is 13.0. The van der Waals surface area contributed by atoms with Gasteiger partial charge in [-0.1, -0.05) is 36.7 Å². The molecule has 26 heavy (non-hydrogen) atoms. The van der Waals surface area contributed by atoms with E-state index in [1.807, 2.05) is 6.08 Å². The Hall–Kier alpha value is -2.35. The molecule has 0 spiro atoms. The van der Waals surface area contributed by atoms with Crippen LogP contribution in [0, 0.1) is 0 Å². The third-order valence-electron chi connectivity index (χ3n) is 5.21. The van der Waals surface area contributed by atoms with Crippen molar-refractivity contribution >= 4 is 34.1 Å². The summed E-state index contributed by atoms with van der Waals surface area (Å²) in [5.74, 6) is 0.368. The number of fused-ring (bicyclic) bond motifs is 1. The molecule has 1 fully saturated rings. The van der Waals surface area contributed by atoms with Gasteiger partial charge in [0.15, 0.2) is 0 Å². The van der Waals surface area contributed by atoms with Crippen LogP contribution in [0.1, 0.15) is 56.4 Å². The second-order valence-electron chi connectivity index (χ2n) is 7.12. The van der Waals surface area contributed by atoms with Crippen LogP contribution in [0.3, 0.4) is 0 Å². The van der Waals surface area contributed by atoms with E-state index in [2.05, 4.69) is 20.5 Å². The standard InChI is InChI=1S/C18H21N5O2S/c1-18(11-14(24)19-13-9-5-6-10-23(13)18)16(25)20-17-22-21-15(26-17)12-7-3-2-4-8-12/h5-6,9-10,12H,2-4,7-8,11H2,1H3,(H,20,22,25). The summed E-state index contributed by atoms with van der Waals surface area (Å²) in [6, 6.07) is 0. The highest BCUT2D eigenvalue weighted by Crippen LogP contribution is 2.36. The molecule has 3 aliphatic rings. The first-order chi connectivity index (χ1) is 12.6. The Kier molecular flexibility index (Phi) is 4.44. The lowest BCUT2D eigenvalue weighted by molar-refractivity contribution is -0.130. The molecule has 1 aliphatic carbocycles. The molecule has 1 aromatic rings. The summed E-state index contributed by atoms with van der Waals surface area (Å²) in [6.07, 6.45) is 13.2. The van der Waals surface area contributed by atoms with Crippen LogP contribution in [0.5, 0.6) is 0 Å². The van der Waals surface area contributed by atoms with E-state index in [1.54, 1.807) is 30.2 Å². The van der Waals surface area contributed by atoms with Gasteiger partial charge in [-0.3, -0.25) is 14.9 Å². The predicted molar refractivity (Wildman–Crippen MR) is 99.9 cm³/mol. The molecule has 0 saturated heterocycles. The summed E-state index contributed by atoms with van der Waals surface area (Å²) < 4.78 is 0.